The van der Waals surface area contributed by atoms with E-state index in [1.165, 1.54) is 25.7 Å². The van der Waals surface area contributed by atoms with E-state index in [1.54, 1.807) is 12.1 Å². The van der Waals surface area contributed by atoms with Crippen LogP contribution in [0.15, 0.2) is 18.2 Å². The molecule has 2 rings (SSSR count). The van der Waals surface area contributed by atoms with Crippen LogP contribution < -0.4 is 5.32 Å². The van der Waals surface area contributed by atoms with Gasteiger partial charge in [0.1, 0.15) is 5.82 Å². The Bertz CT molecular complexity index is 395. The predicted molar refractivity (Wildman–Crippen MR) is 78.7 cm³/mol. The quantitative estimate of drug-likeness (QED) is 0.818. The largest absolute Gasteiger partial charge is 0.310 e. The van der Waals surface area contributed by atoms with E-state index in [9.17, 15) is 4.39 Å². The van der Waals surface area contributed by atoms with Crippen molar-refractivity contribution in [3.63, 3.8) is 0 Å². The van der Waals surface area contributed by atoms with Crippen LogP contribution in [0, 0.1) is 24.6 Å². The lowest BCUT2D eigenvalue weighted by Gasteiger charge is -2.25. The summed E-state index contributed by atoms with van der Waals surface area (Å²) in [6, 6.07) is 5.77. The third-order valence-corrected chi connectivity index (χ3v) is 4.48. The zero-order valence-electron chi connectivity index (χ0n) is 12.4. The van der Waals surface area contributed by atoms with Gasteiger partial charge in [-0.15, -0.1) is 0 Å². The average Bonchev–Trinajstić information content (AvgIpc) is 2.83. The van der Waals surface area contributed by atoms with Gasteiger partial charge in [-0.25, -0.2) is 4.39 Å². The molecule has 2 heteroatoms. The zero-order chi connectivity index (χ0) is 13.8. The topological polar surface area (TPSA) is 12.0 Å². The minimum atomic E-state index is -0.108. The molecular formula is C17H26FN. The minimum Gasteiger partial charge on any atom is -0.310 e. The highest BCUT2D eigenvalue weighted by molar-refractivity contribution is 5.27. The maximum atomic E-state index is 13.6. The lowest BCUT2D eigenvalue weighted by Crippen LogP contribution is -2.27. The fourth-order valence-corrected chi connectivity index (χ4v) is 3.51. The highest BCUT2D eigenvalue weighted by atomic mass is 19.1. The predicted octanol–water partition coefficient (Wildman–Crippen LogP) is 4.61. The van der Waals surface area contributed by atoms with Gasteiger partial charge in [-0.1, -0.05) is 32.8 Å². The minimum absolute atomic E-state index is 0.108. The van der Waals surface area contributed by atoms with Gasteiger partial charge in [0.15, 0.2) is 0 Å². The molecule has 1 aliphatic carbocycles. The van der Waals surface area contributed by atoms with Gasteiger partial charge in [0.05, 0.1) is 0 Å². The molecule has 19 heavy (non-hydrogen) atoms. The van der Waals surface area contributed by atoms with Crippen LogP contribution in [0.2, 0.25) is 0 Å². The molecule has 0 spiro atoms. The molecule has 0 aromatic heterocycles. The molecule has 0 bridgehead atoms. The number of nitrogens with one attached hydrogen (secondary N) is 1. The van der Waals surface area contributed by atoms with Crippen molar-refractivity contribution in [2.45, 2.75) is 52.5 Å². The molecule has 0 heterocycles. The van der Waals surface area contributed by atoms with Crippen molar-refractivity contribution in [1.82, 2.24) is 5.32 Å². The Morgan fingerprint density at radius 1 is 1.26 bits per heavy atom. The standard InChI is InChI=1S/C17H26FN/c1-4-13-6-7-14(10-13)17(19-5-2)15-8-12(3)9-16(18)11-15/h8-9,11,13-14,17,19H,4-7,10H2,1-3H3. The van der Waals surface area contributed by atoms with E-state index < -0.39 is 0 Å². The van der Waals surface area contributed by atoms with Crippen molar-refractivity contribution >= 4 is 0 Å². The van der Waals surface area contributed by atoms with E-state index in [-0.39, 0.29) is 5.82 Å². The Kier molecular flexibility index (Phi) is 4.98. The van der Waals surface area contributed by atoms with Gasteiger partial charge in [0.25, 0.3) is 0 Å². The van der Waals surface area contributed by atoms with Crippen molar-refractivity contribution in [1.29, 1.82) is 0 Å². The molecule has 0 amide bonds. The molecule has 1 aromatic rings. The van der Waals surface area contributed by atoms with Crippen LogP contribution in [0.5, 0.6) is 0 Å². The number of hydrogen-bond donors (Lipinski definition) is 1. The third-order valence-electron chi connectivity index (χ3n) is 4.48. The molecule has 1 aliphatic rings. The Morgan fingerprint density at radius 2 is 2.05 bits per heavy atom. The van der Waals surface area contributed by atoms with Crippen LogP contribution in [-0.2, 0) is 0 Å². The van der Waals surface area contributed by atoms with Crippen molar-refractivity contribution in [3.05, 3.63) is 35.1 Å². The molecule has 0 radical (unpaired) electrons. The summed E-state index contributed by atoms with van der Waals surface area (Å²) in [5.41, 5.74) is 2.14. The molecule has 1 nitrogen and oxygen atoms in total. The summed E-state index contributed by atoms with van der Waals surface area (Å²) < 4.78 is 13.6. The Labute approximate surface area is 116 Å². The fraction of sp³-hybridized carbons (Fsp3) is 0.647. The highest BCUT2D eigenvalue weighted by Gasteiger charge is 2.30. The van der Waals surface area contributed by atoms with Gasteiger partial charge < -0.3 is 5.32 Å². The normalized spacial score (nSPS) is 24.6. The van der Waals surface area contributed by atoms with E-state index in [1.807, 2.05) is 6.92 Å². The highest BCUT2D eigenvalue weighted by Crippen LogP contribution is 2.40. The Hall–Kier alpha value is -0.890. The monoisotopic (exact) mass is 263 g/mol. The molecule has 1 N–H and O–H groups in total. The zero-order valence-corrected chi connectivity index (χ0v) is 12.4. The number of rotatable bonds is 5. The number of halogens is 1. The first-order valence-corrected chi connectivity index (χ1v) is 7.64. The van der Waals surface area contributed by atoms with Gasteiger partial charge in [-0.05, 0) is 61.4 Å². The van der Waals surface area contributed by atoms with Gasteiger partial charge in [0.2, 0.25) is 0 Å². The second-order valence-corrected chi connectivity index (χ2v) is 5.94. The van der Waals surface area contributed by atoms with E-state index in [0.29, 0.717) is 12.0 Å². The summed E-state index contributed by atoms with van der Waals surface area (Å²) in [7, 11) is 0. The summed E-state index contributed by atoms with van der Waals surface area (Å²) >= 11 is 0. The number of hydrogen-bond acceptors (Lipinski definition) is 1. The van der Waals surface area contributed by atoms with Crippen molar-refractivity contribution in [3.8, 4) is 0 Å². The number of aryl methyl sites for hydroxylation is 1. The summed E-state index contributed by atoms with van der Waals surface area (Å²) in [6.07, 6.45) is 5.16. The third kappa shape index (κ3) is 3.56. The maximum Gasteiger partial charge on any atom is 0.123 e. The van der Waals surface area contributed by atoms with Gasteiger partial charge in [-0.3, -0.25) is 0 Å². The van der Waals surface area contributed by atoms with Crippen LogP contribution in [-0.4, -0.2) is 6.54 Å². The Morgan fingerprint density at radius 3 is 2.63 bits per heavy atom. The van der Waals surface area contributed by atoms with E-state index in [0.717, 1.165) is 23.6 Å². The van der Waals surface area contributed by atoms with Gasteiger partial charge >= 0.3 is 0 Å². The Balaban J connectivity index is 2.19. The second-order valence-electron chi connectivity index (χ2n) is 5.94. The van der Waals surface area contributed by atoms with Crippen molar-refractivity contribution in [2.24, 2.45) is 11.8 Å². The summed E-state index contributed by atoms with van der Waals surface area (Å²) in [5.74, 6) is 1.41. The molecule has 106 valence electrons. The van der Waals surface area contributed by atoms with Gasteiger partial charge in [0, 0.05) is 6.04 Å². The second kappa shape index (κ2) is 6.51. The molecule has 3 atom stereocenters. The molecule has 1 fully saturated rings. The molecular weight excluding hydrogens is 237 g/mol. The van der Waals surface area contributed by atoms with Crippen LogP contribution >= 0.6 is 0 Å². The SMILES string of the molecule is CCNC(c1cc(C)cc(F)c1)C1CCC(CC)C1. The average molecular weight is 263 g/mol. The first-order chi connectivity index (χ1) is 9.13. The molecule has 0 saturated heterocycles. The lowest BCUT2D eigenvalue weighted by molar-refractivity contribution is 0.358. The summed E-state index contributed by atoms with van der Waals surface area (Å²) in [5, 5.41) is 3.57. The van der Waals surface area contributed by atoms with Crippen molar-refractivity contribution in [2.75, 3.05) is 6.54 Å². The smallest absolute Gasteiger partial charge is 0.123 e. The first kappa shape index (κ1) is 14.5. The molecule has 3 unspecified atom stereocenters. The molecule has 1 saturated carbocycles. The lowest BCUT2D eigenvalue weighted by atomic mass is 9.89. The van der Waals surface area contributed by atoms with Crippen LogP contribution in [0.1, 0.15) is 56.7 Å². The maximum absolute atomic E-state index is 13.6. The molecule has 1 aromatic carbocycles. The van der Waals surface area contributed by atoms with Crippen LogP contribution in [0.4, 0.5) is 4.39 Å². The first-order valence-electron chi connectivity index (χ1n) is 7.64. The van der Waals surface area contributed by atoms with E-state index >= 15 is 0 Å². The van der Waals surface area contributed by atoms with Crippen LogP contribution in [0.25, 0.3) is 0 Å². The number of benzene rings is 1. The van der Waals surface area contributed by atoms with E-state index in [4.69, 9.17) is 0 Å². The fourth-order valence-electron chi connectivity index (χ4n) is 3.51. The van der Waals surface area contributed by atoms with Crippen molar-refractivity contribution < 1.29 is 4.39 Å². The molecule has 0 aliphatic heterocycles. The summed E-state index contributed by atoms with van der Waals surface area (Å²) in [6.45, 7) is 7.32. The van der Waals surface area contributed by atoms with Crippen LogP contribution in [0.3, 0.4) is 0 Å². The van der Waals surface area contributed by atoms with E-state index in [2.05, 4.69) is 25.2 Å². The summed E-state index contributed by atoms with van der Waals surface area (Å²) in [4.78, 5) is 0. The van der Waals surface area contributed by atoms with Gasteiger partial charge in [-0.2, -0.15) is 0 Å².